The number of hydrogen-bond donors (Lipinski definition) is 2. The van der Waals surface area contributed by atoms with Crippen LogP contribution in [0.25, 0.3) is 0 Å². The van der Waals surface area contributed by atoms with Gasteiger partial charge in [0.25, 0.3) is 5.91 Å². The number of hydrogen-bond acceptors (Lipinski definition) is 6. The van der Waals surface area contributed by atoms with Crippen molar-refractivity contribution in [3.8, 4) is 11.5 Å². The molecule has 10 heteroatoms. The second kappa shape index (κ2) is 11.9. The van der Waals surface area contributed by atoms with Crippen LogP contribution in [0.15, 0.2) is 60.0 Å². The van der Waals surface area contributed by atoms with Crippen LogP contribution in [-0.4, -0.2) is 64.4 Å². The number of methoxy groups -OCH3 is 2. The fraction of sp³-hybridized carbons (Fsp3) is 0.360. The zero-order valence-corrected chi connectivity index (χ0v) is 20.8. The molecule has 0 aromatic heterocycles. The summed E-state index contributed by atoms with van der Waals surface area (Å²) < 4.78 is 37.9. The molecule has 188 valence electrons. The monoisotopic (exact) mass is 501 g/mol. The van der Waals surface area contributed by atoms with Crippen LogP contribution in [0.3, 0.4) is 0 Å². The van der Waals surface area contributed by atoms with Crippen LogP contribution in [0.5, 0.6) is 11.5 Å². The Labute approximate surface area is 206 Å². The Morgan fingerprint density at radius 1 is 1.06 bits per heavy atom. The van der Waals surface area contributed by atoms with Gasteiger partial charge in [0.1, 0.15) is 0 Å². The number of carbonyl (C=O) groups is 2. The molecule has 2 aromatic carbocycles. The molecular weight excluding hydrogens is 470 g/mol. The summed E-state index contributed by atoms with van der Waals surface area (Å²) in [5.74, 6) is 0.718. The van der Waals surface area contributed by atoms with E-state index in [0.29, 0.717) is 56.0 Å². The Morgan fingerprint density at radius 3 is 2.31 bits per heavy atom. The highest BCUT2D eigenvalue weighted by atomic mass is 32.2. The lowest BCUT2D eigenvalue weighted by Gasteiger charge is -2.31. The molecule has 0 aliphatic carbocycles. The van der Waals surface area contributed by atoms with E-state index in [1.807, 2.05) is 18.2 Å². The van der Waals surface area contributed by atoms with E-state index < -0.39 is 10.0 Å². The van der Waals surface area contributed by atoms with Crippen molar-refractivity contribution in [3.05, 3.63) is 66.2 Å². The van der Waals surface area contributed by atoms with Gasteiger partial charge in [0.15, 0.2) is 11.5 Å². The van der Waals surface area contributed by atoms with Gasteiger partial charge >= 0.3 is 0 Å². The minimum Gasteiger partial charge on any atom is -0.493 e. The molecule has 3 rings (SSSR count). The molecular formula is C25H31N3O6S. The van der Waals surface area contributed by atoms with Crippen molar-refractivity contribution in [2.24, 2.45) is 0 Å². The third-order valence-electron chi connectivity index (χ3n) is 5.89. The fourth-order valence-corrected chi connectivity index (χ4v) is 5.36. The van der Waals surface area contributed by atoms with Gasteiger partial charge in [-0.2, -0.15) is 4.31 Å². The average Bonchev–Trinajstić information content (AvgIpc) is 2.88. The van der Waals surface area contributed by atoms with Crippen LogP contribution in [-0.2, 0) is 21.2 Å². The third kappa shape index (κ3) is 6.61. The molecule has 1 aliphatic heterocycles. The largest absolute Gasteiger partial charge is 0.493 e. The number of nitrogens with one attached hydrogen (secondary N) is 2. The van der Waals surface area contributed by atoms with Crippen LogP contribution < -0.4 is 20.1 Å². The lowest BCUT2D eigenvalue weighted by molar-refractivity contribution is -0.117. The van der Waals surface area contributed by atoms with Crippen LogP contribution in [0.1, 0.15) is 28.8 Å². The van der Waals surface area contributed by atoms with Gasteiger partial charge in [0.2, 0.25) is 15.9 Å². The highest BCUT2D eigenvalue weighted by molar-refractivity contribution is 7.89. The summed E-state index contributed by atoms with van der Waals surface area (Å²) in [5.41, 5.74) is 1.36. The fourth-order valence-electron chi connectivity index (χ4n) is 3.89. The average molecular weight is 502 g/mol. The van der Waals surface area contributed by atoms with Crippen LogP contribution in [0.2, 0.25) is 0 Å². The first-order valence-electron chi connectivity index (χ1n) is 11.3. The van der Waals surface area contributed by atoms with E-state index in [4.69, 9.17) is 9.47 Å². The molecule has 0 saturated carbocycles. The first kappa shape index (κ1) is 26.2. The van der Waals surface area contributed by atoms with E-state index in [0.717, 1.165) is 5.56 Å². The summed E-state index contributed by atoms with van der Waals surface area (Å²) in [6.07, 6.45) is 2.86. The summed E-state index contributed by atoms with van der Waals surface area (Å²) in [6, 6.07) is 11.4. The maximum absolute atomic E-state index is 13.0. The van der Waals surface area contributed by atoms with Crippen LogP contribution in [0.4, 0.5) is 0 Å². The van der Waals surface area contributed by atoms with Crippen molar-refractivity contribution in [2.75, 3.05) is 33.9 Å². The maximum Gasteiger partial charge on any atom is 0.251 e. The van der Waals surface area contributed by atoms with E-state index in [9.17, 15) is 18.0 Å². The highest BCUT2D eigenvalue weighted by Gasteiger charge is 2.29. The highest BCUT2D eigenvalue weighted by Crippen LogP contribution is 2.27. The third-order valence-corrected chi connectivity index (χ3v) is 7.80. The Hall–Kier alpha value is -3.37. The predicted molar refractivity (Wildman–Crippen MR) is 132 cm³/mol. The summed E-state index contributed by atoms with van der Waals surface area (Å²) in [6.45, 7) is 4.45. The normalized spacial score (nSPS) is 14.7. The number of benzene rings is 2. The Morgan fingerprint density at radius 2 is 1.71 bits per heavy atom. The summed E-state index contributed by atoms with van der Waals surface area (Å²) in [7, 11) is -0.540. The molecule has 0 radical (unpaired) electrons. The minimum absolute atomic E-state index is 0.0722. The summed E-state index contributed by atoms with van der Waals surface area (Å²) in [5, 5.41) is 5.65. The van der Waals surface area contributed by atoms with Gasteiger partial charge in [-0.3, -0.25) is 9.59 Å². The Kier molecular flexibility index (Phi) is 8.89. The molecule has 2 N–H and O–H groups in total. The van der Waals surface area contributed by atoms with Crippen molar-refractivity contribution in [1.82, 2.24) is 14.9 Å². The van der Waals surface area contributed by atoms with Crippen molar-refractivity contribution in [2.45, 2.75) is 30.2 Å². The Bertz CT molecular complexity index is 1160. The number of sulfonamides is 1. The Balaban J connectivity index is 1.54. The van der Waals surface area contributed by atoms with E-state index in [2.05, 4.69) is 17.2 Å². The SMILES string of the molecule is C=CC(=O)NC1CCN(S(=O)(=O)c2ccc(C(=O)NCCc3ccc(OC)c(OC)c3)cc2)CC1. The number of amides is 2. The van der Waals surface area contributed by atoms with Gasteiger partial charge in [-0.1, -0.05) is 12.6 Å². The van der Waals surface area contributed by atoms with Crippen molar-refractivity contribution in [1.29, 1.82) is 0 Å². The molecule has 0 unspecified atom stereocenters. The molecule has 1 fully saturated rings. The van der Waals surface area contributed by atoms with Gasteiger partial charge in [0, 0.05) is 31.2 Å². The lowest BCUT2D eigenvalue weighted by atomic mass is 10.1. The van der Waals surface area contributed by atoms with Crippen LogP contribution in [0, 0.1) is 0 Å². The summed E-state index contributed by atoms with van der Waals surface area (Å²) >= 11 is 0. The second-order valence-electron chi connectivity index (χ2n) is 8.11. The van der Waals surface area contributed by atoms with Gasteiger partial charge in [0.05, 0.1) is 19.1 Å². The second-order valence-corrected chi connectivity index (χ2v) is 10.0. The first-order valence-corrected chi connectivity index (χ1v) is 12.7. The lowest BCUT2D eigenvalue weighted by Crippen LogP contribution is -2.46. The zero-order valence-electron chi connectivity index (χ0n) is 20.0. The molecule has 0 atom stereocenters. The molecule has 1 saturated heterocycles. The molecule has 1 heterocycles. The van der Waals surface area contributed by atoms with Gasteiger partial charge < -0.3 is 20.1 Å². The molecule has 9 nitrogen and oxygen atoms in total. The van der Waals surface area contributed by atoms with E-state index in [1.54, 1.807) is 14.2 Å². The smallest absolute Gasteiger partial charge is 0.251 e. The molecule has 2 amide bonds. The summed E-state index contributed by atoms with van der Waals surface area (Å²) in [4.78, 5) is 24.1. The number of nitrogens with zero attached hydrogens (tertiary/aromatic N) is 1. The van der Waals surface area contributed by atoms with Gasteiger partial charge in [-0.15, -0.1) is 0 Å². The molecule has 0 bridgehead atoms. The molecule has 1 aliphatic rings. The minimum atomic E-state index is -3.68. The standard InChI is InChI=1S/C25H31N3O6S/c1-4-24(29)27-20-12-15-28(16-13-20)35(31,32)21-8-6-19(7-9-21)25(30)26-14-11-18-5-10-22(33-2)23(17-18)34-3/h4-10,17,20H,1,11-16H2,2-3H3,(H,26,30)(H,27,29). The van der Waals surface area contributed by atoms with E-state index >= 15 is 0 Å². The molecule has 0 spiro atoms. The number of carbonyl (C=O) groups excluding carboxylic acids is 2. The van der Waals surface area contributed by atoms with Crippen LogP contribution >= 0.6 is 0 Å². The number of ether oxygens (including phenoxy) is 2. The molecule has 2 aromatic rings. The first-order chi connectivity index (χ1) is 16.8. The van der Waals surface area contributed by atoms with E-state index in [1.165, 1.54) is 34.6 Å². The van der Waals surface area contributed by atoms with E-state index in [-0.39, 0.29) is 22.8 Å². The maximum atomic E-state index is 13.0. The predicted octanol–water partition coefficient (Wildman–Crippen LogP) is 2.13. The van der Waals surface area contributed by atoms with Gasteiger partial charge in [-0.25, -0.2) is 8.42 Å². The number of piperidine rings is 1. The van der Waals surface area contributed by atoms with Crippen molar-refractivity contribution in [3.63, 3.8) is 0 Å². The van der Waals surface area contributed by atoms with Crippen molar-refractivity contribution >= 4 is 21.8 Å². The van der Waals surface area contributed by atoms with Gasteiger partial charge in [-0.05, 0) is 67.3 Å². The quantitative estimate of drug-likeness (QED) is 0.482. The van der Waals surface area contributed by atoms with Crippen molar-refractivity contribution < 1.29 is 27.5 Å². The number of rotatable bonds is 10. The topological polar surface area (TPSA) is 114 Å². The zero-order chi connectivity index (χ0) is 25.4. The molecule has 35 heavy (non-hydrogen) atoms.